The van der Waals surface area contributed by atoms with Crippen molar-refractivity contribution in [3.63, 3.8) is 0 Å². The van der Waals surface area contributed by atoms with Crippen LogP contribution in [0.1, 0.15) is 42.7 Å². The van der Waals surface area contributed by atoms with Gasteiger partial charge in [-0.05, 0) is 55.4 Å². The number of alkyl halides is 3. The predicted molar refractivity (Wildman–Crippen MR) is 108 cm³/mol. The van der Waals surface area contributed by atoms with Gasteiger partial charge >= 0.3 is 18.1 Å². The van der Waals surface area contributed by atoms with Crippen molar-refractivity contribution >= 4 is 17.6 Å². The van der Waals surface area contributed by atoms with E-state index in [0.29, 0.717) is 18.4 Å². The maximum Gasteiger partial charge on any atom is 0.416 e. The molecule has 1 fully saturated rings. The summed E-state index contributed by atoms with van der Waals surface area (Å²) in [5.41, 5.74) is 0.339. The van der Waals surface area contributed by atoms with Crippen molar-refractivity contribution in [1.82, 2.24) is 15.2 Å². The number of nitrogens with zero attached hydrogens (tertiary/aromatic N) is 4. The van der Waals surface area contributed by atoms with Gasteiger partial charge in [-0.3, -0.25) is 9.84 Å². The van der Waals surface area contributed by atoms with Crippen LogP contribution in [-0.2, 0) is 12.7 Å². The lowest BCUT2D eigenvalue weighted by molar-refractivity contribution is -0.767. The van der Waals surface area contributed by atoms with Crippen molar-refractivity contribution in [2.24, 2.45) is 5.92 Å². The second kappa shape index (κ2) is 9.33. The normalized spacial score (nSPS) is 18.8. The molecule has 2 heterocycles. The molecule has 1 aliphatic rings. The third-order valence-electron chi connectivity index (χ3n) is 5.54. The molecule has 1 aromatic carbocycles. The van der Waals surface area contributed by atoms with E-state index in [-0.39, 0.29) is 11.6 Å². The van der Waals surface area contributed by atoms with Crippen LogP contribution in [0.2, 0.25) is 0 Å². The molecule has 0 radical (unpaired) electrons. The molecule has 0 aliphatic heterocycles. The largest absolute Gasteiger partial charge is 0.416 e. The second-order valence-corrected chi connectivity index (χ2v) is 7.84. The van der Waals surface area contributed by atoms with E-state index in [1.807, 2.05) is 12.4 Å². The van der Waals surface area contributed by atoms with Crippen LogP contribution in [0.5, 0.6) is 0 Å². The number of hydrogen-bond acceptors (Lipinski definition) is 5. The molecule has 11 heteroatoms. The summed E-state index contributed by atoms with van der Waals surface area (Å²) in [6, 6.07) is 3.66. The number of urea groups is 1. The topological polar surface area (TPSA) is 96.8 Å². The highest BCUT2D eigenvalue weighted by atomic mass is 19.4. The fraction of sp³-hybridized carbons (Fsp3) is 0.381. The summed E-state index contributed by atoms with van der Waals surface area (Å²) < 4.78 is 45.1. The van der Waals surface area contributed by atoms with E-state index in [9.17, 15) is 18.0 Å². The molecular weight excluding hydrogens is 425 g/mol. The molecule has 2 aromatic heterocycles. The van der Waals surface area contributed by atoms with Crippen LogP contribution in [-0.4, -0.2) is 21.3 Å². The van der Waals surface area contributed by atoms with Gasteiger partial charge in [-0.25, -0.2) is 14.8 Å². The molecule has 0 spiro atoms. The Hall–Kier alpha value is -3.50. The van der Waals surface area contributed by atoms with Gasteiger partial charge in [0.2, 0.25) is 5.27 Å². The Kier molecular flexibility index (Phi) is 6.33. The highest BCUT2D eigenvalue weighted by Crippen LogP contribution is 2.35. The van der Waals surface area contributed by atoms with E-state index in [1.54, 1.807) is 10.9 Å². The number of amides is 2. The van der Waals surface area contributed by atoms with Gasteiger partial charge in [-0.1, -0.05) is 10.7 Å². The molecule has 4 rings (SSSR count). The third kappa shape index (κ3) is 5.59. The van der Waals surface area contributed by atoms with Crippen LogP contribution < -0.4 is 15.3 Å². The summed E-state index contributed by atoms with van der Waals surface area (Å²) in [4.78, 5) is 20.3. The Balaban J connectivity index is 1.27. The molecule has 3 aromatic rings. The molecule has 32 heavy (non-hydrogen) atoms. The highest BCUT2D eigenvalue weighted by molar-refractivity contribution is 5.98. The van der Waals surface area contributed by atoms with Gasteiger partial charge in [0.1, 0.15) is 6.33 Å². The Labute approximate surface area is 181 Å². The number of halogens is 3. The SMILES string of the molecule is O=C(Nc1cccc(C(F)(F)F)c1)Nc1c[n+](CC2CCC(c3cncnc3)CC2)no1. The summed E-state index contributed by atoms with van der Waals surface area (Å²) in [6.07, 6.45) is 6.47. The van der Waals surface area contributed by atoms with Crippen molar-refractivity contribution in [2.45, 2.75) is 44.3 Å². The van der Waals surface area contributed by atoms with Gasteiger partial charge < -0.3 is 5.32 Å². The zero-order valence-electron chi connectivity index (χ0n) is 17.0. The first kappa shape index (κ1) is 21.7. The number of rotatable bonds is 5. The molecule has 0 unspecified atom stereocenters. The second-order valence-electron chi connectivity index (χ2n) is 7.84. The maximum absolute atomic E-state index is 12.8. The van der Waals surface area contributed by atoms with Gasteiger partial charge in [0, 0.05) is 24.0 Å². The van der Waals surface area contributed by atoms with Crippen LogP contribution in [0.4, 0.5) is 29.5 Å². The minimum atomic E-state index is -4.49. The third-order valence-corrected chi connectivity index (χ3v) is 5.54. The minimum Gasteiger partial charge on any atom is -0.308 e. The Morgan fingerprint density at radius 3 is 2.59 bits per heavy atom. The standard InChI is InChI=1S/C21H21F3N6O2/c22-21(23,24)17-2-1-3-18(8-17)27-20(31)28-19-12-30(29-32-19)11-14-4-6-15(7-5-14)16-9-25-13-26-10-16/h1-3,8-10,12-15H,4-7,11H2,(H-,27,28,29,31)/p+1. The molecule has 168 valence electrons. The minimum absolute atomic E-state index is 0.0188. The lowest BCUT2D eigenvalue weighted by atomic mass is 9.79. The molecule has 1 saturated carbocycles. The van der Waals surface area contributed by atoms with E-state index in [4.69, 9.17) is 4.52 Å². The number of carbonyl (C=O) groups is 1. The summed E-state index contributed by atoms with van der Waals surface area (Å²) in [5, 5.41) is 8.72. The maximum atomic E-state index is 12.8. The average Bonchev–Trinajstić information content (AvgIpc) is 3.21. The quantitative estimate of drug-likeness (QED) is 0.566. The molecule has 0 bridgehead atoms. The van der Waals surface area contributed by atoms with E-state index in [2.05, 4.69) is 25.9 Å². The van der Waals surface area contributed by atoms with E-state index in [0.717, 1.165) is 37.8 Å². The van der Waals surface area contributed by atoms with Gasteiger partial charge in [-0.15, -0.1) is 0 Å². The van der Waals surface area contributed by atoms with Crippen molar-refractivity contribution < 1.29 is 27.2 Å². The Morgan fingerprint density at radius 1 is 1.12 bits per heavy atom. The molecule has 2 amide bonds. The number of hydrogen-bond donors (Lipinski definition) is 2. The average molecular weight is 447 g/mol. The van der Waals surface area contributed by atoms with E-state index in [1.165, 1.54) is 24.0 Å². The number of nitrogens with one attached hydrogen (secondary N) is 2. The molecule has 2 N–H and O–H groups in total. The fourth-order valence-corrected chi connectivity index (χ4v) is 3.93. The van der Waals surface area contributed by atoms with Crippen LogP contribution in [0.25, 0.3) is 0 Å². The summed E-state index contributed by atoms with van der Waals surface area (Å²) >= 11 is 0. The monoisotopic (exact) mass is 447 g/mol. The van der Waals surface area contributed by atoms with Gasteiger partial charge in [-0.2, -0.15) is 13.2 Å². The van der Waals surface area contributed by atoms with Crippen molar-refractivity contribution in [2.75, 3.05) is 10.6 Å². The van der Waals surface area contributed by atoms with Crippen molar-refractivity contribution in [3.8, 4) is 0 Å². The zero-order valence-corrected chi connectivity index (χ0v) is 17.0. The lowest BCUT2D eigenvalue weighted by Crippen LogP contribution is -2.39. The highest BCUT2D eigenvalue weighted by Gasteiger charge is 2.30. The van der Waals surface area contributed by atoms with Crippen molar-refractivity contribution in [3.05, 3.63) is 60.3 Å². The molecular formula is C21H22F3N6O2+. The number of carbonyl (C=O) groups excluding carboxylic acids is 1. The van der Waals surface area contributed by atoms with Gasteiger partial charge in [0.05, 0.1) is 5.56 Å². The van der Waals surface area contributed by atoms with Crippen LogP contribution in [0.3, 0.4) is 0 Å². The summed E-state index contributed by atoms with van der Waals surface area (Å²) in [7, 11) is 0. The van der Waals surface area contributed by atoms with Gasteiger partial charge in [0.25, 0.3) is 6.20 Å². The molecule has 0 atom stereocenters. The van der Waals surface area contributed by atoms with Gasteiger partial charge in [0.15, 0.2) is 6.54 Å². The number of aromatic nitrogens is 4. The molecule has 0 saturated heterocycles. The molecule has 1 aliphatic carbocycles. The first-order valence-corrected chi connectivity index (χ1v) is 10.2. The predicted octanol–water partition coefficient (Wildman–Crippen LogP) is 4.39. The van der Waals surface area contributed by atoms with Crippen molar-refractivity contribution in [1.29, 1.82) is 0 Å². The van der Waals surface area contributed by atoms with Crippen LogP contribution >= 0.6 is 0 Å². The Bertz CT molecular complexity index is 1050. The first-order valence-electron chi connectivity index (χ1n) is 10.2. The van der Waals surface area contributed by atoms with Crippen LogP contribution in [0, 0.1) is 5.92 Å². The molecule has 8 nitrogen and oxygen atoms in total. The number of anilines is 2. The smallest absolute Gasteiger partial charge is 0.308 e. The Morgan fingerprint density at radius 2 is 1.88 bits per heavy atom. The lowest BCUT2D eigenvalue weighted by Gasteiger charge is -2.26. The van der Waals surface area contributed by atoms with Crippen LogP contribution in [0.15, 0.2) is 53.7 Å². The number of benzene rings is 1. The summed E-state index contributed by atoms with van der Waals surface area (Å²) in [5.74, 6) is 0.994. The van der Waals surface area contributed by atoms with E-state index < -0.39 is 17.8 Å². The summed E-state index contributed by atoms with van der Waals surface area (Å²) in [6.45, 7) is 0.651. The first-order chi connectivity index (χ1) is 15.4. The fourth-order valence-electron chi connectivity index (χ4n) is 3.93. The zero-order chi connectivity index (χ0) is 22.6. The van der Waals surface area contributed by atoms with E-state index >= 15 is 0 Å².